The van der Waals surface area contributed by atoms with Crippen molar-refractivity contribution in [2.45, 2.75) is 52.0 Å². The highest BCUT2D eigenvalue weighted by Gasteiger charge is 2.44. The number of carbonyl (C=O) groups excluding carboxylic acids is 1. The fourth-order valence-corrected chi connectivity index (χ4v) is 3.26. The second-order valence-electron chi connectivity index (χ2n) is 6.03. The van der Waals surface area contributed by atoms with Gasteiger partial charge in [-0.1, -0.05) is 20.3 Å². The molecule has 102 valence electrons. The third kappa shape index (κ3) is 2.85. The van der Waals surface area contributed by atoms with Crippen molar-refractivity contribution in [1.29, 1.82) is 0 Å². The Hall–Kier alpha value is -1.06. The summed E-state index contributed by atoms with van der Waals surface area (Å²) in [6.07, 6.45) is 4.73. The summed E-state index contributed by atoms with van der Waals surface area (Å²) in [5.74, 6) is -0.687. The second-order valence-corrected chi connectivity index (χ2v) is 6.03. The largest absolute Gasteiger partial charge is 0.481 e. The highest BCUT2D eigenvalue weighted by molar-refractivity contribution is 5.85. The van der Waals surface area contributed by atoms with E-state index in [1.165, 1.54) is 0 Å². The molecular formula is C14H23NO3. The minimum absolute atomic E-state index is 0.0321. The monoisotopic (exact) mass is 253 g/mol. The Morgan fingerprint density at radius 2 is 1.89 bits per heavy atom. The minimum Gasteiger partial charge on any atom is -0.481 e. The Kier molecular flexibility index (Phi) is 3.93. The first-order valence-electron chi connectivity index (χ1n) is 7.06. The molecule has 0 aromatic heterocycles. The lowest BCUT2D eigenvalue weighted by Gasteiger charge is -2.15. The molecule has 4 heteroatoms. The summed E-state index contributed by atoms with van der Waals surface area (Å²) < 4.78 is 0. The van der Waals surface area contributed by atoms with Gasteiger partial charge in [-0.2, -0.15) is 0 Å². The maximum atomic E-state index is 12.1. The van der Waals surface area contributed by atoms with Gasteiger partial charge in [-0.3, -0.25) is 9.59 Å². The molecule has 2 N–H and O–H groups in total. The molecule has 18 heavy (non-hydrogen) atoms. The van der Waals surface area contributed by atoms with E-state index in [1.54, 1.807) is 0 Å². The number of nitrogens with one attached hydrogen (secondary N) is 1. The molecule has 0 aromatic carbocycles. The molecule has 0 spiro atoms. The Morgan fingerprint density at radius 1 is 1.22 bits per heavy atom. The average Bonchev–Trinajstić information content (AvgIpc) is 2.88. The summed E-state index contributed by atoms with van der Waals surface area (Å²) in [5, 5.41) is 12.2. The smallest absolute Gasteiger partial charge is 0.307 e. The molecule has 2 aliphatic carbocycles. The van der Waals surface area contributed by atoms with E-state index in [0.29, 0.717) is 30.7 Å². The van der Waals surface area contributed by atoms with Gasteiger partial charge in [0.15, 0.2) is 0 Å². The first kappa shape index (κ1) is 13.4. The maximum absolute atomic E-state index is 12.1. The van der Waals surface area contributed by atoms with Crippen molar-refractivity contribution in [3.05, 3.63) is 0 Å². The number of carbonyl (C=O) groups is 2. The lowest BCUT2D eigenvalue weighted by molar-refractivity contribution is -0.146. The molecule has 5 atom stereocenters. The SMILES string of the molecule is CCCC1CC1NC(=O)[C@H]1CC(C)C[C@H]1C(=O)O. The van der Waals surface area contributed by atoms with E-state index in [1.807, 2.05) is 6.92 Å². The van der Waals surface area contributed by atoms with Crippen molar-refractivity contribution in [3.8, 4) is 0 Å². The molecule has 3 unspecified atom stereocenters. The van der Waals surface area contributed by atoms with Crippen molar-refractivity contribution in [2.75, 3.05) is 0 Å². The van der Waals surface area contributed by atoms with Crippen molar-refractivity contribution >= 4 is 11.9 Å². The quantitative estimate of drug-likeness (QED) is 0.788. The topological polar surface area (TPSA) is 66.4 Å². The van der Waals surface area contributed by atoms with Crippen LogP contribution in [-0.2, 0) is 9.59 Å². The van der Waals surface area contributed by atoms with Crippen molar-refractivity contribution in [3.63, 3.8) is 0 Å². The number of carboxylic acids is 1. The van der Waals surface area contributed by atoms with Gasteiger partial charge in [0.25, 0.3) is 0 Å². The molecule has 1 amide bonds. The Morgan fingerprint density at radius 3 is 2.50 bits per heavy atom. The zero-order valence-electron chi connectivity index (χ0n) is 11.2. The zero-order valence-corrected chi connectivity index (χ0v) is 11.2. The molecule has 2 aliphatic rings. The van der Waals surface area contributed by atoms with Gasteiger partial charge in [0.1, 0.15) is 0 Å². The highest BCUT2D eigenvalue weighted by Crippen LogP contribution is 2.39. The van der Waals surface area contributed by atoms with Crippen molar-refractivity contribution in [2.24, 2.45) is 23.7 Å². The molecule has 0 saturated heterocycles. The van der Waals surface area contributed by atoms with Gasteiger partial charge in [0, 0.05) is 6.04 Å². The van der Waals surface area contributed by atoms with E-state index in [-0.39, 0.29) is 11.8 Å². The van der Waals surface area contributed by atoms with Gasteiger partial charge in [-0.05, 0) is 37.5 Å². The number of hydrogen-bond donors (Lipinski definition) is 2. The summed E-state index contributed by atoms with van der Waals surface area (Å²) in [7, 11) is 0. The summed E-state index contributed by atoms with van der Waals surface area (Å²) in [6, 6.07) is 0.308. The van der Waals surface area contributed by atoms with Crippen LogP contribution in [0.4, 0.5) is 0 Å². The van der Waals surface area contributed by atoms with E-state index < -0.39 is 11.9 Å². The van der Waals surface area contributed by atoms with Crippen LogP contribution in [0, 0.1) is 23.7 Å². The molecule has 0 heterocycles. The third-order valence-corrected chi connectivity index (χ3v) is 4.36. The molecule has 0 aromatic rings. The molecule has 4 nitrogen and oxygen atoms in total. The average molecular weight is 253 g/mol. The number of hydrogen-bond acceptors (Lipinski definition) is 2. The molecule has 0 aliphatic heterocycles. The van der Waals surface area contributed by atoms with Crippen molar-refractivity contribution < 1.29 is 14.7 Å². The molecule has 0 radical (unpaired) electrons. The zero-order chi connectivity index (χ0) is 13.3. The first-order valence-corrected chi connectivity index (χ1v) is 7.06. The Balaban J connectivity index is 1.87. The maximum Gasteiger partial charge on any atom is 0.307 e. The molecule has 2 fully saturated rings. The lowest BCUT2D eigenvalue weighted by atomic mass is 9.95. The molecule has 2 rings (SSSR count). The van der Waals surface area contributed by atoms with Crippen LogP contribution in [0.3, 0.4) is 0 Å². The van der Waals surface area contributed by atoms with E-state index in [0.717, 1.165) is 19.3 Å². The van der Waals surface area contributed by atoms with Crippen LogP contribution in [0.15, 0.2) is 0 Å². The summed E-state index contributed by atoms with van der Waals surface area (Å²) in [6.45, 7) is 4.18. The summed E-state index contributed by atoms with van der Waals surface area (Å²) in [5.41, 5.74) is 0. The van der Waals surface area contributed by atoms with Gasteiger partial charge in [0.05, 0.1) is 11.8 Å². The summed E-state index contributed by atoms with van der Waals surface area (Å²) in [4.78, 5) is 23.3. The minimum atomic E-state index is -0.819. The Labute approximate surface area is 108 Å². The number of aliphatic carboxylic acids is 1. The van der Waals surface area contributed by atoms with Crippen LogP contribution < -0.4 is 5.32 Å². The number of rotatable bonds is 5. The normalized spacial score (nSPS) is 38.4. The lowest BCUT2D eigenvalue weighted by Crippen LogP contribution is -2.37. The fraction of sp³-hybridized carbons (Fsp3) is 0.857. The van der Waals surface area contributed by atoms with Crippen molar-refractivity contribution in [1.82, 2.24) is 5.32 Å². The summed E-state index contributed by atoms with van der Waals surface area (Å²) >= 11 is 0. The highest BCUT2D eigenvalue weighted by atomic mass is 16.4. The molecule has 0 bridgehead atoms. The van der Waals surface area contributed by atoms with Crippen LogP contribution >= 0.6 is 0 Å². The van der Waals surface area contributed by atoms with Crippen LogP contribution in [0.25, 0.3) is 0 Å². The third-order valence-electron chi connectivity index (χ3n) is 4.36. The first-order chi connectivity index (χ1) is 8.52. The van der Waals surface area contributed by atoms with Crippen LogP contribution in [0.2, 0.25) is 0 Å². The number of amides is 1. The van der Waals surface area contributed by atoms with Gasteiger partial charge in [-0.15, -0.1) is 0 Å². The van der Waals surface area contributed by atoms with E-state index in [4.69, 9.17) is 5.11 Å². The predicted octanol–water partition coefficient (Wildman–Crippen LogP) is 2.04. The van der Waals surface area contributed by atoms with Gasteiger partial charge in [-0.25, -0.2) is 0 Å². The number of carboxylic acid groups (broad SMARTS) is 1. The van der Waals surface area contributed by atoms with Gasteiger partial charge < -0.3 is 10.4 Å². The predicted molar refractivity (Wildman–Crippen MR) is 68.0 cm³/mol. The molecule has 2 saturated carbocycles. The van der Waals surface area contributed by atoms with Crippen LogP contribution in [-0.4, -0.2) is 23.0 Å². The fourth-order valence-electron chi connectivity index (χ4n) is 3.26. The Bertz CT molecular complexity index is 342. The van der Waals surface area contributed by atoms with E-state index in [9.17, 15) is 9.59 Å². The standard InChI is InChI=1S/C14H23NO3/c1-3-4-9-7-12(9)15-13(16)10-5-8(2)6-11(10)14(17)18/h8-12H,3-7H2,1-2H3,(H,15,16)(H,17,18)/t8?,9?,10-,11+,12?/m0/s1. The van der Waals surface area contributed by atoms with E-state index >= 15 is 0 Å². The molecular weight excluding hydrogens is 230 g/mol. The van der Waals surface area contributed by atoms with Gasteiger partial charge in [0.2, 0.25) is 5.91 Å². The van der Waals surface area contributed by atoms with Crippen LogP contribution in [0.5, 0.6) is 0 Å². The van der Waals surface area contributed by atoms with E-state index in [2.05, 4.69) is 12.2 Å². The second kappa shape index (κ2) is 5.29. The van der Waals surface area contributed by atoms with Gasteiger partial charge >= 0.3 is 5.97 Å². The van der Waals surface area contributed by atoms with Crippen LogP contribution in [0.1, 0.15) is 46.0 Å².